The summed E-state index contributed by atoms with van der Waals surface area (Å²) in [5.41, 5.74) is 2.47. The maximum Gasteiger partial charge on any atom is 0.329 e. The van der Waals surface area contributed by atoms with Crippen molar-refractivity contribution in [3.8, 4) is 0 Å². The Kier molecular flexibility index (Phi) is 3.77. The van der Waals surface area contributed by atoms with Crippen LogP contribution in [0.4, 0.5) is 16.2 Å². The number of nitrogens with zero attached hydrogens (tertiary/aromatic N) is 2. The van der Waals surface area contributed by atoms with Crippen LogP contribution in [0, 0.1) is 6.92 Å². The summed E-state index contributed by atoms with van der Waals surface area (Å²) >= 11 is 5.94. The third kappa shape index (κ3) is 2.79. The third-order valence-corrected chi connectivity index (χ3v) is 6.74. The predicted molar refractivity (Wildman–Crippen MR) is 99.2 cm³/mol. The van der Waals surface area contributed by atoms with Crippen LogP contribution in [-0.4, -0.2) is 38.0 Å². The SMILES string of the molecule is Cc1ccc(N2C(=O)N(c3ccc(Cl)cc3)[C@@H]3CS(=O)(=O)C[C@@H]32)cc1. The van der Waals surface area contributed by atoms with Gasteiger partial charge < -0.3 is 0 Å². The topological polar surface area (TPSA) is 57.7 Å². The molecule has 2 aliphatic heterocycles. The number of anilines is 2. The molecule has 2 amide bonds. The number of sulfone groups is 1. The molecule has 2 atom stereocenters. The maximum absolute atomic E-state index is 13.1. The highest BCUT2D eigenvalue weighted by molar-refractivity contribution is 7.91. The van der Waals surface area contributed by atoms with Gasteiger partial charge in [0.2, 0.25) is 0 Å². The fraction of sp³-hybridized carbons (Fsp3) is 0.278. The number of benzene rings is 2. The average molecular weight is 377 g/mol. The number of carbonyl (C=O) groups excluding carboxylic acids is 1. The van der Waals surface area contributed by atoms with Crippen LogP contribution < -0.4 is 9.80 Å². The molecule has 7 heteroatoms. The monoisotopic (exact) mass is 376 g/mol. The van der Waals surface area contributed by atoms with Crippen LogP contribution in [0.1, 0.15) is 5.56 Å². The van der Waals surface area contributed by atoms with Crippen LogP contribution >= 0.6 is 11.6 Å². The summed E-state index contributed by atoms with van der Waals surface area (Å²) in [6, 6.07) is 13.5. The normalized spacial score (nSPS) is 24.6. The first-order valence-corrected chi connectivity index (χ1v) is 10.2. The fourth-order valence-corrected chi connectivity index (χ4v) is 5.66. The number of aryl methyl sites for hydroxylation is 1. The lowest BCUT2D eigenvalue weighted by Gasteiger charge is -2.22. The number of hydrogen-bond acceptors (Lipinski definition) is 3. The molecule has 0 saturated carbocycles. The van der Waals surface area contributed by atoms with E-state index in [9.17, 15) is 13.2 Å². The quantitative estimate of drug-likeness (QED) is 0.756. The van der Waals surface area contributed by atoms with E-state index in [0.29, 0.717) is 10.7 Å². The van der Waals surface area contributed by atoms with Crippen LogP contribution in [0.3, 0.4) is 0 Å². The number of amides is 2. The Balaban J connectivity index is 1.79. The molecule has 2 aromatic carbocycles. The molecular formula is C18H17ClN2O3S. The number of fused-ring (bicyclic) bond motifs is 1. The Bertz CT molecular complexity index is 856. The van der Waals surface area contributed by atoms with Gasteiger partial charge in [0.25, 0.3) is 0 Å². The highest BCUT2D eigenvalue weighted by atomic mass is 35.5. The van der Waals surface area contributed by atoms with E-state index in [1.807, 2.05) is 31.2 Å². The van der Waals surface area contributed by atoms with E-state index < -0.39 is 9.84 Å². The lowest BCUT2D eigenvalue weighted by atomic mass is 10.1. The molecule has 2 fully saturated rings. The zero-order valence-electron chi connectivity index (χ0n) is 13.6. The third-order valence-electron chi connectivity index (χ3n) is 4.79. The van der Waals surface area contributed by atoms with E-state index in [-0.39, 0.29) is 29.6 Å². The highest BCUT2D eigenvalue weighted by Gasteiger charge is 2.54. The van der Waals surface area contributed by atoms with Gasteiger partial charge in [0.15, 0.2) is 9.84 Å². The Hall–Kier alpha value is -2.05. The number of halogens is 1. The summed E-state index contributed by atoms with van der Waals surface area (Å²) < 4.78 is 24.5. The van der Waals surface area contributed by atoms with Crippen molar-refractivity contribution >= 4 is 38.8 Å². The molecule has 4 rings (SSSR count). The van der Waals surface area contributed by atoms with Crippen molar-refractivity contribution in [1.82, 2.24) is 0 Å². The van der Waals surface area contributed by atoms with Crippen molar-refractivity contribution in [3.63, 3.8) is 0 Å². The van der Waals surface area contributed by atoms with Gasteiger partial charge in [-0.25, -0.2) is 13.2 Å². The maximum atomic E-state index is 13.1. The molecule has 0 unspecified atom stereocenters. The fourth-order valence-electron chi connectivity index (χ4n) is 3.61. The van der Waals surface area contributed by atoms with E-state index in [4.69, 9.17) is 11.6 Å². The number of carbonyl (C=O) groups is 1. The van der Waals surface area contributed by atoms with Gasteiger partial charge in [0, 0.05) is 16.4 Å². The van der Waals surface area contributed by atoms with Gasteiger partial charge in [-0.05, 0) is 43.3 Å². The van der Waals surface area contributed by atoms with Crippen molar-refractivity contribution in [2.45, 2.75) is 19.0 Å². The first-order chi connectivity index (χ1) is 11.9. The first kappa shape index (κ1) is 16.4. The van der Waals surface area contributed by atoms with Crippen LogP contribution in [-0.2, 0) is 9.84 Å². The van der Waals surface area contributed by atoms with Crippen LogP contribution in [0.25, 0.3) is 0 Å². The van der Waals surface area contributed by atoms with E-state index >= 15 is 0 Å². The van der Waals surface area contributed by atoms with E-state index in [0.717, 1.165) is 11.3 Å². The van der Waals surface area contributed by atoms with Crippen molar-refractivity contribution in [2.75, 3.05) is 21.3 Å². The lowest BCUT2D eigenvalue weighted by Crippen LogP contribution is -2.37. The van der Waals surface area contributed by atoms with E-state index in [1.165, 1.54) is 0 Å². The second-order valence-corrected chi connectivity index (χ2v) is 9.14. The average Bonchev–Trinajstić information content (AvgIpc) is 2.99. The van der Waals surface area contributed by atoms with Crippen molar-refractivity contribution in [2.24, 2.45) is 0 Å². The zero-order chi connectivity index (χ0) is 17.8. The minimum absolute atomic E-state index is 0.0125. The molecule has 2 aliphatic rings. The van der Waals surface area contributed by atoms with Crippen molar-refractivity contribution in [3.05, 3.63) is 59.1 Å². The lowest BCUT2D eigenvalue weighted by molar-refractivity contribution is 0.255. The van der Waals surface area contributed by atoms with Gasteiger partial charge >= 0.3 is 6.03 Å². The molecule has 25 heavy (non-hydrogen) atoms. The highest BCUT2D eigenvalue weighted by Crippen LogP contribution is 2.38. The molecule has 2 saturated heterocycles. The molecule has 0 bridgehead atoms. The van der Waals surface area contributed by atoms with Crippen LogP contribution in [0.15, 0.2) is 48.5 Å². The van der Waals surface area contributed by atoms with Gasteiger partial charge in [-0.15, -0.1) is 0 Å². The molecule has 2 aromatic rings. The minimum Gasteiger partial charge on any atom is -0.288 e. The smallest absolute Gasteiger partial charge is 0.288 e. The molecule has 0 aliphatic carbocycles. The molecule has 0 radical (unpaired) electrons. The summed E-state index contributed by atoms with van der Waals surface area (Å²) in [6.45, 7) is 1.97. The van der Waals surface area contributed by atoms with Crippen LogP contribution in [0.5, 0.6) is 0 Å². The Morgan fingerprint density at radius 3 is 1.80 bits per heavy atom. The van der Waals surface area contributed by atoms with Gasteiger partial charge in [0.1, 0.15) is 0 Å². The molecule has 130 valence electrons. The molecule has 0 aromatic heterocycles. The summed E-state index contributed by atoms with van der Waals surface area (Å²) in [7, 11) is -3.19. The summed E-state index contributed by atoms with van der Waals surface area (Å²) in [4.78, 5) is 16.3. The Labute approximate surface area is 151 Å². The molecular weight excluding hydrogens is 360 g/mol. The number of hydrogen-bond donors (Lipinski definition) is 0. The summed E-state index contributed by atoms with van der Waals surface area (Å²) in [5.74, 6) is -0.0320. The molecule has 2 heterocycles. The number of rotatable bonds is 2. The number of urea groups is 1. The zero-order valence-corrected chi connectivity index (χ0v) is 15.2. The van der Waals surface area contributed by atoms with Gasteiger partial charge in [0.05, 0.1) is 23.6 Å². The summed E-state index contributed by atoms with van der Waals surface area (Å²) in [6.07, 6.45) is 0. The largest absolute Gasteiger partial charge is 0.329 e. The van der Waals surface area contributed by atoms with E-state index in [1.54, 1.807) is 34.1 Å². The Morgan fingerprint density at radius 1 is 0.880 bits per heavy atom. The van der Waals surface area contributed by atoms with Crippen molar-refractivity contribution in [1.29, 1.82) is 0 Å². The molecule has 0 spiro atoms. The van der Waals surface area contributed by atoms with Gasteiger partial charge in [-0.1, -0.05) is 29.3 Å². The second kappa shape index (κ2) is 5.75. The second-order valence-electron chi connectivity index (χ2n) is 6.55. The van der Waals surface area contributed by atoms with Crippen LogP contribution in [0.2, 0.25) is 5.02 Å². The van der Waals surface area contributed by atoms with Crippen molar-refractivity contribution < 1.29 is 13.2 Å². The van der Waals surface area contributed by atoms with Gasteiger partial charge in [-0.3, -0.25) is 9.80 Å². The minimum atomic E-state index is -3.19. The molecule has 5 nitrogen and oxygen atoms in total. The standard InChI is InChI=1S/C18H17ClN2O3S/c1-12-2-6-14(7-3-12)20-16-10-25(23,24)11-17(16)21(18(20)22)15-8-4-13(19)5-9-15/h2-9,16-17H,10-11H2,1H3/t16-,17+/m0/s1. The van der Waals surface area contributed by atoms with Gasteiger partial charge in [-0.2, -0.15) is 0 Å². The van der Waals surface area contributed by atoms with E-state index in [2.05, 4.69) is 0 Å². The first-order valence-electron chi connectivity index (χ1n) is 8.01. The molecule has 0 N–H and O–H groups in total. The Morgan fingerprint density at radius 2 is 1.32 bits per heavy atom. The predicted octanol–water partition coefficient (Wildman–Crippen LogP) is 3.26. The summed E-state index contributed by atoms with van der Waals surface area (Å²) in [5, 5.41) is 0.571.